The molecule has 0 bridgehead atoms. The van der Waals surface area contributed by atoms with Gasteiger partial charge < -0.3 is 37.6 Å². The summed E-state index contributed by atoms with van der Waals surface area (Å²) >= 11 is 0. The molecule has 0 unspecified atom stereocenters. The number of guanidine groups is 1. The Hall–Kier alpha value is -2.40. The Balaban J connectivity index is 0. The zero-order valence-electron chi connectivity index (χ0n) is 11.2. The fourth-order valence-corrected chi connectivity index (χ4v) is 0.896. The van der Waals surface area contributed by atoms with Gasteiger partial charge in [0.1, 0.15) is 6.04 Å². The standard InChI is InChI=1S/C6H14N4O2.C4H6O5/c7-4(5(11)12)2-1-3-10-6(8)9;5-2(4(8)9)1-3(6)7/h4H,1-3,7H2,(H,11,12)(H4,8,9,10);2,5H,1H2,(H,6,7)(H,8,9)/t4-;2-/m00/s1. The fraction of sp³-hybridized carbons (Fsp3) is 0.600. The van der Waals surface area contributed by atoms with E-state index in [9.17, 15) is 14.4 Å². The van der Waals surface area contributed by atoms with Gasteiger partial charge in [0.25, 0.3) is 0 Å². The quantitative estimate of drug-likeness (QED) is 0.140. The lowest BCUT2D eigenvalue weighted by Gasteiger charge is -2.03. The van der Waals surface area contributed by atoms with Gasteiger partial charge in [-0.05, 0) is 12.8 Å². The number of hydrogen-bond acceptors (Lipinski definition) is 6. The van der Waals surface area contributed by atoms with Crippen molar-refractivity contribution in [2.45, 2.75) is 31.4 Å². The molecule has 0 heterocycles. The van der Waals surface area contributed by atoms with E-state index in [4.69, 9.17) is 37.6 Å². The maximum Gasteiger partial charge on any atom is 0.333 e. The summed E-state index contributed by atoms with van der Waals surface area (Å²) in [4.78, 5) is 33.3. The van der Waals surface area contributed by atoms with Gasteiger partial charge in [-0.25, -0.2) is 4.79 Å². The number of carboxylic acid groups (broad SMARTS) is 3. The second-order valence-corrected chi connectivity index (χ2v) is 3.85. The van der Waals surface area contributed by atoms with Crippen molar-refractivity contribution < 1.29 is 34.8 Å². The van der Waals surface area contributed by atoms with Crippen molar-refractivity contribution in [3.63, 3.8) is 0 Å². The number of nitrogens with zero attached hydrogens (tertiary/aromatic N) is 1. The minimum atomic E-state index is -1.79. The molecule has 0 amide bonds. The van der Waals surface area contributed by atoms with Crippen LogP contribution >= 0.6 is 0 Å². The third kappa shape index (κ3) is 15.5. The number of carbonyl (C=O) groups is 3. The van der Waals surface area contributed by atoms with Crippen LogP contribution in [0.15, 0.2) is 4.99 Å². The highest BCUT2D eigenvalue weighted by atomic mass is 16.4. The lowest BCUT2D eigenvalue weighted by Crippen LogP contribution is -2.30. The first-order valence-corrected chi connectivity index (χ1v) is 5.74. The summed E-state index contributed by atoms with van der Waals surface area (Å²) in [5.41, 5.74) is 15.3. The van der Waals surface area contributed by atoms with Gasteiger partial charge >= 0.3 is 17.9 Å². The summed E-state index contributed by atoms with van der Waals surface area (Å²) in [5.74, 6) is -3.83. The molecule has 11 heteroatoms. The van der Waals surface area contributed by atoms with Crippen LogP contribution in [0.4, 0.5) is 0 Å². The Labute approximate surface area is 120 Å². The van der Waals surface area contributed by atoms with Crippen molar-refractivity contribution in [2.75, 3.05) is 6.54 Å². The van der Waals surface area contributed by atoms with E-state index in [2.05, 4.69) is 4.99 Å². The Kier molecular flexibility index (Phi) is 11.4. The van der Waals surface area contributed by atoms with Crippen molar-refractivity contribution >= 4 is 23.9 Å². The predicted octanol–water partition coefficient (Wildman–Crippen LogP) is -2.64. The summed E-state index contributed by atoms with van der Waals surface area (Å²) in [7, 11) is 0. The lowest BCUT2D eigenvalue weighted by atomic mass is 10.2. The molecular formula is C10H20N4O7. The number of rotatable bonds is 8. The zero-order chi connectivity index (χ0) is 17.0. The van der Waals surface area contributed by atoms with Crippen LogP contribution in [0.2, 0.25) is 0 Å². The Morgan fingerprint density at radius 3 is 1.86 bits per heavy atom. The average Bonchev–Trinajstić information content (AvgIpc) is 2.33. The molecule has 0 aliphatic heterocycles. The van der Waals surface area contributed by atoms with E-state index in [1.165, 1.54) is 0 Å². The predicted molar refractivity (Wildman–Crippen MR) is 71.4 cm³/mol. The fourth-order valence-electron chi connectivity index (χ4n) is 0.896. The van der Waals surface area contributed by atoms with Crippen molar-refractivity contribution in [1.82, 2.24) is 0 Å². The van der Waals surface area contributed by atoms with Gasteiger partial charge in [-0.3, -0.25) is 14.6 Å². The Bertz CT molecular complexity index is 382. The molecule has 11 nitrogen and oxygen atoms in total. The summed E-state index contributed by atoms with van der Waals surface area (Å²) in [5, 5.41) is 32.5. The second kappa shape index (κ2) is 11.4. The second-order valence-electron chi connectivity index (χ2n) is 3.85. The van der Waals surface area contributed by atoms with E-state index in [1.54, 1.807) is 0 Å². The lowest BCUT2D eigenvalue weighted by molar-refractivity contribution is -0.152. The van der Waals surface area contributed by atoms with Crippen LogP contribution in [0.25, 0.3) is 0 Å². The first kappa shape index (κ1) is 20.9. The van der Waals surface area contributed by atoms with Crippen LogP contribution in [0.3, 0.4) is 0 Å². The highest BCUT2D eigenvalue weighted by Crippen LogP contribution is 1.94. The topological polar surface area (TPSA) is 223 Å². The van der Waals surface area contributed by atoms with Gasteiger partial charge in [0.15, 0.2) is 12.1 Å². The van der Waals surface area contributed by atoms with Crippen LogP contribution in [0.5, 0.6) is 0 Å². The van der Waals surface area contributed by atoms with E-state index in [-0.39, 0.29) is 5.96 Å². The first-order valence-electron chi connectivity index (χ1n) is 5.74. The molecule has 0 saturated heterocycles. The first-order chi connectivity index (χ1) is 9.57. The number of hydrogen-bond donors (Lipinski definition) is 7. The number of nitrogens with two attached hydrogens (primary N) is 3. The Morgan fingerprint density at radius 2 is 1.57 bits per heavy atom. The molecule has 0 aliphatic carbocycles. The van der Waals surface area contributed by atoms with Crippen LogP contribution in [0.1, 0.15) is 19.3 Å². The van der Waals surface area contributed by atoms with Gasteiger partial charge in [-0.2, -0.15) is 0 Å². The molecule has 0 fully saturated rings. The average molecular weight is 308 g/mol. The van der Waals surface area contributed by atoms with E-state index >= 15 is 0 Å². The summed E-state index contributed by atoms with van der Waals surface area (Å²) < 4.78 is 0. The minimum absolute atomic E-state index is 0.0129. The molecule has 0 aromatic carbocycles. The van der Waals surface area contributed by atoms with Crippen LogP contribution in [-0.2, 0) is 14.4 Å². The summed E-state index contributed by atoms with van der Waals surface area (Å²) in [6.45, 7) is 0.420. The van der Waals surface area contributed by atoms with Crippen molar-refractivity contribution in [3.8, 4) is 0 Å². The number of aliphatic hydroxyl groups excluding tert-OH is 1. The van der Waals surface area contributed by atoms with Gasteiger partial charge in [0.05, 0.1) is 6.42 Å². The van der Waals surface area contributed by atoms with Gasteiger partial charge in [0.2, 0.25) is 0 Å². The molecule has 0 radical (unpaired) electrons. The van der Waals surface area contributed by atoms with E-state index in [1.807, 2.05) is 0 Å². The SMILES string of the molecule is NC(N)=NCCC[C@H](N)C(=O)O.O=C(O)C[C@H](O)C(=O)O. The molecule has 0 saturated carbocycles. The largest absolute Gasteiger partial charge is 0.481 e. The molecule has 0 aromatic rings. The van der Waals surface area contributed by atoms with E-state index in [0.29, 0.717) is 19.4 Å². The molecule has 10 N–H and O–H groups in total. The number of aliphatic carboxylic acids is 3. The molecule has 0 aromatic heterocycles. The zero-order valence-corrected chi connectivity index (χ0v) is 11.2. The highest BCUT2D eigenvalue weighted by molar-refractivity contribution is 5.79. The van der Waals surface area contributed by atoms with Crippen LogP contribution in [0, 0.1) is 0 Å². The number of aliphatic hydroxyl groups is 1. The number of aliphatic imine (C=N–C) groups is 1. The molecule has 0 spiro atoms. The normalized spacial score (nSPS) is 12.3. The van der Waals surface area contributed by atoms with E-state index in [0.717, 1.165) is 0 Å². The van der Waals surface area contributed by atoms with Crippen LogP contribution < -0.4 is 17.2 Å². The summed E-state index contributed by atoms with van der Waals surface area (Å²) in [6.07, 6.45) is -1.59. The smallest absolute Gasteiger partial charge is 0.333 e. The molecule has 21 heavy (non-hydrogen) atoms. The van der Waals surface area contributed by atoms with Crippen LogP contribution in [-0.4, -0.2) is 63.0 Å². The minimum Gasteiger partial charge on any atom is -0.481 e. The third-order valence-corrected chi connectivity index (χ3v) is 1.94. The monoisotopic (exact) mass is 308 g/mol. The van der Waals surface area contributed by atoms with Gasteiger partial charge in [-0.15, -0.1) is 0 Å². The van der Waals surface area contributed by atoms with Gasteiger partial charge in [-0.1, -0.05) is 0 Å². The molecular weight excluding hydrogens is 288 g/mol. The van der Waals surface area contributed by atoms with Crippen molar-refractivity contribution in [2.24, 2.45) is 22.2 Å². The molecule has 122 valence electrons. The molecule has 0 aliphatic rings. The van der Waals surface area contributed by atoms with Gasteiger partial charge in [0, 0.05) is 6.54 Å². The Morgan fingerprint density at radius 1 is 1.05 bits per heavy atom. The third-order valence-electron chi connectivity index (χ3n) is 1.94. The van der Waals surface area contributed by atoms with Crippen molar-refractivity contribution in [1.29, 1.82) is 0 Å². The molecule has 2 atom stereocenters. The maximum atomic E-state index is 10.2. The summed E-state index contributed by atoms with van der Waals surface area (Å²) in [6, 6.07) is -0.820. The maximum absolute atomic E-state index is 10.2. The highest BCUT2D eigenvalue weighted by Gasteiger charge is 2.16. The van der Waals surface area contributed by atoms with Crippen molar-refractivity contribution in [3.05, 3.63) is 0 Å². The number of carboxylic acids is 3. The molecule has 0 rings (SSSR count). The van der Waals surface area contributed by atoms with E-state index < -0.39 is 36.5 Å².